The number of hydrogen-bond acceptors (Lipinski definition) is 3. The summed E-state index contributed by atoms with van der Waals surface area (Å²) in [5.74, 6) is 0.707. The molecule has 3 heteroatoms. The van der Waals surface area contributed by atoms with Gasteiger partial charge in [-0.1, -0.05) is 25.6 Å². The molecular formula is C16H18O2S. The Morgan fingerprint density at radius 2 is 1.21 bits per heavy atom. The number of rotatable bonds is 4. The van der Waals surface area contributed by atoms with E-state index in [1.807, 2.05) is 38.1 Å². The van der Waals surface area contributed by atoms with Gasteiger partial charge >= 0.3 is 0 Å². The Morgan fingerprint density at radius 3 is 1.58 bits per heavy atom. The van der Waals surface area contributed by atoms with Crippen LogP contribution in [0.4, 0.5) is 0 Å². The van der Waals surface area contributed by atoms with Gasteiger partial charge in [0.1, 0.15) is 11.5 Å². The number of phenols is 2. The molecule has 0 radical (unpaired) electrons. The van der Waals surface area contributed by atoms with E-state index in [4.69, 9.17) is 0 Å². The maximum Gasteiger partial charge on any atom is 0.118 e. The van der Waals surface area contributed by atoms with E-state index in [-0.39, 0.29) is 0 Å². The lowest BCUT2D eigenvalue weighted by Gasteiger charge is -2.08. The number of aryl methyl sites for hydroxylation is 2. The lowest BCUT2D eigenvalue weighted by Crippen LogP contribution is -1.85. The van der Waals surface area contributed by atoms with Gasteiger partial charge < -0.3 is 10.2 Å². The predicted octanol–water partition coefficient (Wildman–Crippen LogP) is 4.37. The fourth-order valence-electron chi connectivity index (χ4n) is 1.95. The van der Waals surface area contributed by atoms with Crippen molar-refractivity contribution >= 4 is 11.8 Å². The number of phenolic OH excluding ortho intramolecular Hbond substituents is 2. The third kappa shape index (κ3) is 3.24. The molecule has 0 spiro atoms. The summed E-state index contributed by atoms with van der Waals surface area (Å²) in [7, 11) is 0. The van der Waals surface area contributed by atoms with Crippen LogP contribution in [0.1, 0.15) is 25.0 Å². The molecule has 0 bridgehead atoms. The Balaban J connectivity index is 2.25. The fraction of sp³-hybridized carbons (Fsp3) is 0.250. The minimum atomic E-state index is 0.354. The van der Waals surface area contributed by atoms with Crippen molar-refractivity contribution < 1.29 is 10.2 Å². The van der Waals surface area contributed by atoms with Gasteiger partial charge in [0.2, 0.25) is 0 Å². The van der Waals surface area contributed by atoms with E-state index in [1.54, 1.807) is 23.9 Å². The van der Waals surface area contributed by atoms with Crippen LogP contribution in [0.5, 0.6) is 11.5 Å². The number of aromatic hydroxyl groups is 2. The molecule has 0 aromatic heterocycles. The van der Waals surface area contributed by atoms with Crippen molar-refractivity contribution in [1.82, 2.24) is 0 Å². The topological polar surface area (TPSA) is 40.5 Å². The van der Waals surface area contributed by atoms with E-state index in [0.29, 0.717) is 11.5 Å². The van der Waals surface area contributed by atoms with E-state index in [2.05, 4.69) is 0 Å². The van der Waals surface area contributed by atoms with Gasteiger partial charge in [-0.2, -0.15) is 0 Å². The van der Waals surface area contributed by atoms with Crippen LogP contribution in [0.2, 0.25) is 0 Å². The number of benzene rings is 2. The zero-order valence-corrected chi connectivity index (χ0v) is 12.0. The van der Waals surface area contributed by atoms with E-state index < -0.39 is 0 Å². The zero-order valence-electron chi connectivity index (χ0n) is 11.2. The smallest absolute Gasteiger partial charge is 0.118 e. The van der Waals surface area contributed by atoms with Crippen molar-refractivity contribution in [3.63, 3.8) is 0 Å². The molecule has 100 valence electrons. The average molecular weight is 274 g/mol. The Hall–Kier alpha value is -1.61. The van der Waals surface area contributed by atoms with Crippen molar-refractivity contribution in [1.29, 1.82) is 0 Å². The quantitative estimate of drug-likeness (QED) is 0.869. The van der Waals surface area contributed by atoms with Gasteiger partial charge in [0, 0.05) is 9.79 Å². The van der Waals surface area contributed by atoms with Crippen LogP contribution in [-0.4, -0.2) is 10.2 Å². The Morgan fingerprint density at radius 1 is 0.789 bits per heavy atom. The van der Waals surface area contributed by atoms with E-state index in [1.165, 1.54) is 0 Å². The van der Waals surface area contributed by atoms with Crippen LogP contribution >= 0.6 is 11.8 Å². The first kappa shape index (κ1) is 13.8. The average Bonchev–Trinajstić information content (AvgIpc) is 2.43. The molecule has 19 heavy (non-hydrogen) atoms. The van der Waals surface area contributed by atoms with Gasteiger partial charge in [-0.15, -0.1) is 0 Å². The second-order valence-electron chi connectivity index (χ2n) is 4.39. The highest BCUT2D eigenvalue weighted by Gasteiger charge is 2.05. The van der Waals surface area contributed by atoms with Crippen LogP contribution < -0.4 is 0 Å². The highest BCUT2D eigenvalue weighted by atomic mass is 32.2. The van der Waals surface area contributed by atoms with Crippen molar-refractivity contribution in [2.75, 3.05) is 0 Å². The molecule has 2 rings (SSSR count). The molecule has 0 saturated carbocycles. The third-order valence-corrected chi connectivity index (χ3v) is 4.08. The van der Waals surface area contributed by atoms with Gasteiger partial charge in [-0.3, -0.25) is 0 Å². The van der Waals surface area contributed by atoms with Crippen LogP contribution in [-0.2, 0) is 12.8 Å². The molecule has 0 aliphatic heterocycles. The van der Waals surface area contributed by atoms with Crippen molar-refractivity contribution in [3.8, 4) is 11.5 Å². The summed E-state index contributed by atoms with van der Waals surface area (Å²) in [6, 6.07) is 11.3. The molecule has 0 aliphatic carbocycles. The molecule has 0 unspecified atom stereocenters. The largest absolute Gasteiger partial charge is 0.508 e. The first-order valence-corrected chi connectivity index (χ1v) is 7.27. The van der Waals surface area contributed by atoms with Gasteiger partial charge in [-0.05, 0) is 60.4 Å². The second-order valence-corrected chi connectivity index (χ2v) is 5.54. The monoisotopic (exact) mass is 274 g/mol. The van der Waals surface area contributed by atoms with Gasteiger partial charge in [0.25, 0.3) is 0 Å². The molecule has 2 N–H and O–H groups in total. The Kier molecular flexibility index (Phi) is 4.38. The molecule has 0 amide bonds. The SMILES string of the molecule is CCc1cc(Sc2ccc(O)c(CC)c2)ccc1O. The highest BCUT2D eigenvalue weighted by molar-refractivity contribution is 7.99. The minimum absolute atomic E-state index is 0.354. The van der Waals surface area contributed by atoms with Crippen LogP contribution in [0, 0.1) is 0 Å². The Bertz CT molecular complexity index is 527. The molecule has 2 aromatic carbocycles. The molecular weight excluding hydrogens is 256 g/mol. The fourth-order valence-corrected chi connectivity index (χ4v) is 2.90. The first-order chi connectivity index (χ1) is 9.13. The maximum absolute atomic E-state index is 9.68. The molecule has 2 nitrogen and oxygen atoms in total. The molecule has 0 heterocycles. The molecule has 0 aliphatic rings. The van der Waals surface area contributed by atoms with Gasteiger partial charge in [0.05, 0.1) is 0 Å². The lowest BCUT2D eigenvalue weighted by molar-refractivity contribution is 0.468. The lowest BCUT2D eigenvalue weighted by atomic mass is 10.1. The highest BCUT2D eigenvalue weighted by Crippen LogP contribution is 2.33. The zero-order chi connectivity index (χ0) is 13.8. The molecule has 0 atom stereocenters. The minimum Gasteiger partial charge on any atom is -0.508 e. The third-order valence-electron chi connectivity index (χ3n) is 3.10. The molecule has 0 saturated heterocycles. The standard InChI is InChI=1S/C16H18O2S/c1-3-11-9-13(5-7-15(11)17)19-14-6-8-16(18)12(4-2)10-14/h5-10,17-18H,3-4H2,1-2H3. The van der Waals surface area contributed by atoms with Gasteiger partial charge in [0.15, 0.2) is 0 Å². The van der Waals surface area contributed by atoms with Crippen molar-refractivity contribution in [2.45, 2.75) is 36.5 Å². The summed E-state index contributed by atoms with van der Waals surface area (Å²) in [6.07, 6.45) is 1.63. The van der Waals surface area contributed by atoms with Crippen molar-refractivity contribution in [3.05, 3.63) is 47.5 Å². The van der Waals surface area contributed by atoms with Crippen LogP contribution in [0.3, 0.4) is 0 Å². The van der Waals surface area contributed by atoms with E-state index in [9.17, 15) is 10.2 Å². The summed E-state index contributed by atoms with van der Waals surface area (Å²) in [4.78, 5) is 2.20. The normalized spacial score (nSPS) is 10.6. The summed E-state index contributed by atoms with van der Waals surface area (Å²) in [5.41, 5.74) is 1.92. The Labute approximate surface area is 118 Å². The van der Waals surface area contributed by atoms with Crippen LogP contribution in [0.25, 0.3) is 0 Å². The van der Waals surface area contributed by atoms with E-state index in [0.717, 1.165) is 33.8 Å². The first-order valence-electron chi connectivity index (χ1n) is 6.45. The number of hydrogen-bond donors (Lipinski definition) is 2. The summed E-state index contributed by atoms with van der Waals surface area (Å²) in [5, 5.41) is 19.4. The van der Waals surface area contributed by atoms with Crippen LogP contribution in [0.15, 0.2) is 46.2 Å². The second kappa shape index (κ2) is 6.02. The maximum atomic E-state index is 9.68. The van der Waals surface area contributed by atoms with Gasteiger partial charge in [-0.25, -0.2) is 0 Å². The summed E-state index contributed by atoms with van der Waals surface area (Å²) in [6.45, 7) is 4.05. The van der Waals surface area contributed by atoms with E-state index >= 15 is 0 Å². The molecule has 2 aromatic rings. The van der Waals surface area contributed by atoms with Crippen molar-refractivity contribution in [2.24, 2.45) is 0 Å². The predicted molar refractivity (Wildman–Crippen MR) is 79.1 cm³/mol. The summed E-state index contributed by atoms with van der Waals surface area (Å²) >= 11 is 1.64. The summed E-state index contributed by atoms with van der Waals surface area (Å²) < 4.78 is 0. The molecule has 0 fully saturated rings.